The number of anilines is 1. The van der Waals surface area contributed by atoms with Gasteiger partial charge in [-0.05, 0) is 40.6 Å². The maximum atomic E-state index is 12.2. The third-order valence-corrected chi connectivity index (χ3v) is 6.85. The average molecular weight is 543 g/mol. The Bertz CT molecular complexity index is 1220. The Hall–Kier alpha value is -3.52. The summed E-state index contributed by atoms with van der Waals surface area (Å²) in [5.41, 5.74) is 3.03. The number of hydrogen-bond donors (Lipinski definition) is 3. The molecule has 0 bridgehead atoms. The number of thioether (sulfide) groups is 1. The maximum absolute atomic E-state index is 12.2. The van der Waals surface area contributed by atoms with Gasteiger partial charge in [0.15, 0.2) is 6.29 Å². The standard InChI is InChI=1S/C25H30N6O6S/c1-3-35-22(33)13-26-24(34)27-19-6-4-5-18(11-19)23-36-20(15-38-25-28-29-30-31(25)2)12-21(37-23)17-9-7-16(14-32)8-10-17/h4-11,20-21,23,32H,3,12-15H2,1-2H3,(H2,26,27,34)/t20-,21+,23+/m0/s1. The molecule has 0 radical (unpaired) electrons. The summed E-state index contributed by atoms with van der Waals surface area (Å²) in [6.45, 7) is 1.68. The predicted molar refractivity (Wildman–Crippen MR) is 138 cm³/mol. The first-order valence-electron chi connectivity index (χ1n) is 12.1. The van der Waals surface area contributed by atoms with E-state index in [2.05, 4.69) is 26.2 Å². The largest absolute Gasteiger partial charge is 0.465 e. The smallest absolute Gasteiger partial charge is 0.325 e. The summed E-state index contributed by atoms with van der Waals surface area (Å²) in [7, 11) is 1.78. The molecule has 2 amide bonds. The zero-order valence-electron chi connectivity index (χ0n) is 21.1. The number of urea groups is 1. The molecule has 12 nitrogen and oxygen atoms in total. The first kappa shape index (κ1) is 27.5. The van der Waals surface area contributed by atoms with Crippen molar-refractivity contribution in [1.82, 2.24) is 25.5 Å². The molecule has 202 valence electrons. The van der Waals surface area contributed by atoms with Gasteiger partial charge in [-0.1, -0.05) is 48.2 Å². The number of hydrogen-bond acceptors (Lipinski definition) is 10. The summed E-state index contributed by atoms with van der Waals surface area (Å²) in [6.07, 6.45) is -0.517. The fraction of sp³-hybridized carbons (Fsp3) is 0.400. The van der Waals surface area contributed by atoms with Crippen molar-refractivity contribution in [2.75, 3.05) is 24.2 Å². The second-order valence-electron chi connectivity index (χ2n) is 8.48. The molecule has 0 spiro atoms. The molecular formula is C25H30N6O6S. The van der Waals surface area contributed by atoms with Crippen molar-refractivity contribution in [2.24, 2.45) is 7.05 Å². The van der Waals surface area contributed by atoms with Gasteiger partial charge in [0.05, 0.1) is 25.4 Å². The lowest BCUT2D eigenvalue weighted by atomic mass is 10.0. The Labute approximate surface area is 224 Å². The minimum Gasteiger partial charge on any atom is -0.465 e. The van der Waals surface area contributed by atoms with Crippen LogP contribution in [0.3, 0.4) is 0 Å². The molecule has 38 heavy (non-hydrogen) atoms. The van der Waals surface area contributed by atoms with Crippen LogP contribution in [0.2, 0.25) is 0 Å². The van der Waals surface area contributed by atoms with Crippen molar-refractivity contribution in [1.29, 1.82) is 0 Å². The summed E-state index contributed by atoms with van der Waals surface area (Å²) >= 11 is 1.49. The number of esters is 1. The molecule has 1 saturated heterocycles. The zero-order chi connectivity index (χ0) is 26.9. The molecule has 3 N–H and O–H groups in total. The summed E-state index contributed by atoms with van der Waals surface area (Å²) in [5, 5.41) is 26.8. The lowest BCUT2D eigenvalue weighted by Gasteiger charge is -2.36. The van der Waals surface area contributed by atoms with E-state index >= 15 is 0 Å². The number of carbonyl (C=O) groups is 2. The van der Waals surface area contributed by atoms with Crippen LogP contribution in [0, 0.1) is 0 Å². The first-order valence-corrected chi connectivity index (χ1v) is 13.1. The Kier molecular flexibility index (Phi) is 9.65. The van der Waals surface area contributed by atoms with Crippen LogP contribution in [0.15, 0.2) is 53.7 Å². The quantitative estimate of drug-likeness (QED) is 0.258. The topological polar surface area (TPSA) is 150 Å². The highest BCUT2D eigenvalue weighted by Gasteiger charge is 2.32. The van der Waals surface area contributed by atoms with Crippen LogP contribution in [-0.2, 0) is 32.7 Å². The van der Waals surface area contributed by atoms with Gasteiger partial charge in [-0.2, -0.15) is 0 Å². The van der Waals surface area contributed by atoms with Gasteiger partial charge in [-0.25, -0.2) is 9.48 Å². The van der Waals surface area contributed by atoms with Gasteiger partial charge in [0, 0.05) is 30.5 Å². The number of aliphatic hydroxyl groups is 1. The van der Waals surface area contributed by atoms with E-state index < -0.39 is 18.3 Å². The maximum Gasteiger partial charge on any atom is 0.325 e. The highest BCUT2D eigenvalue weighted by Crippen LogP contribution is 2.39. The Morgan fingerprint density at radius 2 is 2.00 bits per heavy atom. The third kappa shape index (κ3) is 7.51. The van der Waals surface area contributed by atoms with Gasteiger partial charge in [0.1, 0.15) is 6.54 Å². The van der Waals surface area contributed by atoms with E-state index in [0.29, 0.717) is 23.0 Å². The third-order valence-electron chi connectivity index (χ3n) is 5.71. The number of aryl methyl sites for hydroxylation is 1. The number of aliphatic hydroxyl groups excluding tert-OH is 1. The van der Waals surface area contributed by atoms with Gasteiger partial charge in [-0.15, -0.1) is 5.10 Å². The molecule has 3 aromatic rings. The molecule has 0 aliphatic carbocycles. The second-order valence-corrected chi connectivity index (χ2v) is 9.47. The molecule has 1 aliphatic heterocycles. The Morgan fingerprint density at radius 3 is 2.71 bits per heavy atom. The Balaban J connectivity index is 1.47. The molecular weight excluding hydrogens is 512 g/mol. The number of aromatic nitrogens is 4. The van der Waals surface area contributed by atoms with E-state index in [9.17, 15) is 14.7 Å². The molecule has 13 heteroatoms. The minimum absolute atomic E-state index is 0.0320. The summed E-state index contributed by atoms with van der Waals surface area (Å²) in [6, 6.07) is 14.3. The van der Waals surface area contributed by atoms with Gasteiger partial charge >= 0.3 is 12.0 Å². The van der Waals surface area contributed by atoms with Crippen molar-refractivity contribution in [3.05, 3.63) is 65.2 Å². The van der Waals surface area contributed by atoms with Gasteiger partial charge in [0.25, 0.3) is 0 Å². The fourth-order valence-corrected chi connectivity index (χ4v) is 4.70. The van der Waals surface area contributed by atoms with Gasteiger partial charge in [0.2, 0.25) is 5.16 Å². The summed E-state index contributed by atoms with van der Waals surface area (Å²) < 4.78 is 19.1. The lowest BCUT2D eigenvalue weighted by molar-refractivity contribution is -0.245. The Morgan fingerprint density at radius 1 is 1.18 bits per heavy atom. The number of ether oxygens (including phenoxy) is 3. The lowest BCUT2D eigenvalue weighted by Crippen LogP contribution is -2.34. The molecule has 1 aromatic heterocycles. The number of benzene rings is 2. The summed E-state index contributed by atoms with van der Waals surface area (Å²) in [4.78, 5) is 23.7. The first-order chi connectivity index (χ1) is 18.4. The molecule has 0 unspecified atom stereocenters. The van der Waals surface area contributed by atoms with E-state index in [0.717, 1.165) is 16.7 Å². The fourth-order valence-electron chi connectivity index (χ4n) is 3.84. The molecule has 2 heterocycles. The van der Waals surface area contributed by atoms with Crippen LogP contribution < -0.4 is 10.6 Å². The number of rotatable bonds is 10. The van der Waals surface area contributed by atoms with E-state index in [4.69, 9.17) is 14.2 Å². The van der Waals surface area contributed by atoms with Crippen LogP contribution in [0.25, 0.3) is 0 Å². The van der Waals surface area contributed by atoms with E-state index in [-0.39, 0.29) is 32.0 Å². The number of tetrazole rings is 1. The van der Waals surface area contributed by atoms with Crippen LogP contribution >= 0.6 is 11.8 Å². The number of carbonyl (C=O) groups excluding carboxylic acids is 2. The van der Waals surface area contributed by atoms with E-state index in [1.807, 2.05) is 30.3 Å². The molecule has 0 saturated carbocycles. The minimum atomic E-state index is -0.696. The van der Waals surface area contributed by atoms with Crippen molar-refractivity contribution in [3.8, 4) is 0 Å². The van der Waals surface area contributed by atoms with Crippen LogP contribution in [0.5, 0.6) is 0 Å². The molecule has 4 rings (SSSR count). The number of amides is 2. The van der Waals surface area contributed by atoms with Crippen molar-refractivity contribution in [2.45, 2.75) is 43.6 Å². The van der Waals surface area contributed by atoms with E-state index in [1.165, 1.54) is 11.8 Å². The van der Waals surface area contributed by atoms with Crippen molar-refractivity contribution >= 4 is 29.4 Å². The number of nitrogens with zero attached hydrogens (tertiary/aromatic N) is 4. The van der Waals surface area contributed by atoms with E-state index in [1.54, 1.807) is 36.9 Å². The zero-order valence-corrected chi connectivity index (χ0v) is 21.9. The highest BCUT2D eigenvalue weighted by atomic mass is 32.2. The van der Waals surface area contributed by atoms with Crippen LogP contribution in [0.4, 0.5) is 10.5 Å². The molecule has 1 fully saturated rings. The van der Waals surface area contributed by atoms with Gasteiger partial charge in [-0.3, -0.25) is 4.79 Å². The van der Waals surface area contributed by atoms with Crippen LogP contribution in [-0.4, -0.2) is 62.3 Å². The number of nitrogens with one attached hydrogen (secondary N) is 2. The predicted octanol–water partition coefficient (Wildman–Crippen LogP) is 2.72. The molecule has 2 aromatic carbocycles. The van der Waals surface area contributed by atoms with Gasteiger partial charge < -0.3 is 30.0 Å². The summed E-state index contributed by atoms with van der Waals surface area (Å²) in [5.74, 6) is 0.0903. The van der Waals surface area contributed by atoms with Crippen molar-refractivity contribution in [3.63, 3.8) is 0 Å². The highest BCUT2D eigenvalue weighted by molar-refractivity contribution is 7.99. The average Bonchev–Trinajstić information content (AvgIpc) is 3.35. The second kappa shape index (κ2) is 13.3. The normalized spacial score (nSPS) is 19.1. The van der Waals surface area contributed by atoms with Crippen molar-refractivity contribution < 1.29 is 28.9 Å². The monoisotopic (exact) mass is 542 g/mol. The molecule has 1 aliphatic rings. The van der Waals surface area contributed by atoms with Crippen LogP contribution in [0.1, 0.15) is 42.4 Å². The molecule has 3 atom stereocenters. The SMILES string of the molecule is CCOC(=O)CNC(=O)Nc1cccc([C@@H]2O[C@H](CSc3nnnn3C)C[C@H](c3ccc(CO)cc3)O2)c1.